The van der Waals surface area contributed by atoms with E-state index >= 15 is 0 Å². The van der Waals surface area contributed by atoms with E-state index in [9.17, 15) is 13.2 Å². The third-order valence-electron chi connectivity index (χ3n) is 6.44. The van der Waals surface area contributed by atoms with Gasteiger partial charge >= 0.3 is 6.09 Å². The number of aromatic nitrogens is 2. The zero-order valence-electron chi connectivity index (χ0n) is 23.4. The highest BCUT2D eigenvalue weighted by molar-refractivity contribution is 7.89. The summed E-state index contributed by atoms with van der Waals surface area (Å²) in [6.45, 7) is 16.2. The number of carbonyl (C=O) groups excluding carboxylic acids is 1. The van der Waals surface area contributed by atoms with E-state index in [4.69, 9.17) is 16.3 Å². The number of alkyl carbamates (subject to hydrolysis) is 1. The Morgan fingerprint density at radius 1 is 1.07 bits per heavy atom. The molecule has 3 aromatic rings. The Morgan fingerprint density at radius 2 is 1.77 bits per heavy atom. The minimum atomic E-state index is -3.88. The van der Waals surface area contributed by atoms with E-state index in [-0.39, 0.29) is 34.9 Å². The first kappa shape index (κ1) is 29.6. The van der Waals surface area contributed by atoms with Crippen molar-refractivity contribution in [3.63, 3.8) is 0 Å². The van der Waals surface area contributed by atoms with Crippen LogP contribution in [0.3, 0.4) is 0 Å². The molecule has 1 saturated carbocycles. The molecule has 2 N–H and O–H groups in total. The first-order valence-corrected chi connectivity index (χ1v) is 15.6. The quantitative estimate of drug-likeness (QED) is 0.302. The number of hydrogen-bond donors (Lipinski definition) is 2. The number of rotatable bonds is 7. The van der Waals surface area contributed by atoms with Crippen molar-refractivity contribution < 1.29 is 17.9 Å². The molecule has 1 aliphatic rings. The Labute approximate surface area is 240 Å². The molecule has 40 heavy (non-hydrogen) atoms. The molecule has 1 aromatic carbocycles. The first-order chi connectivity index (χ1) is 18.8. The van der Waals surface area contributed by atoms with Gasteiger partial charge < -0.3 is 14.9 Å². The van der Waals surface area contributed by atoms with Gasteiger partial charge in [-0.1, -0.05) is 24.8 Å². The molecule has 0 atom stereocenters. The molecule has 0 unspecified atom stereocenters. The predicted molar refractivity (Wildman–Crippen MR) is 157 cm³/mol. The van der Waals surface area contributed by atoms with E-state index in [2.05, 4.69) is 19.9 Å². The zero-order valence-corrected chi connectivity index (χ0v) is 25.0. The number of pyridine rings is 1. The van der Waals surface area contributed by atoms with Crippen molar-refractivity contribution in [1.29, 1.82) is 0 Å². The molecule has 0 radical (unpaired) electrons. The molecule has 9 nitrogen and oxygen atoms in total. The van der Waals surface area contributed by atoms with E-state index in [0.29, 0.717) is 11.1 Å². The first-order valence-electron chi connectivity index (χ1n) is 13.3. The molecule has 0 spiro atoms. The summed E-state index contributed by atoms with van der Waals surface area (Å²) in [6.07, 6.45) is 6.21. The van der Waals surface area contributed by atoms with E-state index in [1.165, 1.54) is 11.3 Å². The maximum atomic E-state index is 13.6. The fourth-order valence-corrected chi connectivity index (χ4v) is 7.57. The summed E-state index contributed by atoms with van der Waals surface area (Å²) in [5, 5.41) is 3.92. The molecule has 212 valence electrons. The summed E-state index contributed by atoms with van der Waals surface area (Å²) in [5.41, 5.74) is 1.33. The van der Waals surface area contributed by atoms with Crippen LogP contribution < -0.4 is 10.0 Å². The van der Waals surface area contributed by atoms with Gasteiger partial charge in [0.25, 0.3) is 5.82 Å². The van der Waals surface area contributed by atoms with Gasteiger partial charge in [-0.05, 0) is 78.0 Å². The molecular formula is C29H35N5O4S2. The number of ether oxygens (including phenoxy) is 1. The molecule has 4 rings (SSSR count). The van der Waals surface area contributed by atoms with Crippen LogP contribution in [0.25, 0.3) is 26.4 Å². The van der Waals surface area contributed by atoms with Crippen LogP contribution in [-0.4, -0.2) is 42.2 Å². The lowest BCUT2D eigenvalue weighted by Gasteiger charge is -2.28. The fraction of sp³-hybridized carbons (Fsp3) is 0.448. The van der Waals surface area contributed by atoms with Crippen LogP contribution in [0.2, 0.25) is 0 Å². The van der Waals surface area contributed by atoms with Gasteiger partial charge in [-0.3, -0.25) is 0 Å². The van der Waals surface area contributed by atoms with Crippen LogP contribution in [-0.2, 0) is 14.8 Å². The second kappa shape index (κ2) is 12.0. The summed E-state index contributed by atoms with van der Waals surface area (Å²) in [6, 6.07) is 8.80. The van der Waals surface area contributed by atoms with Crippen LogP contribution in [0.4, 0.5) is 10.6 Å². The van der Waals surface area contributed by atoms with Crippen molar-refractivity contribution >= 4 is 33.3 Å². The van der Waals surface area contributed by atoms with Gasteiger partial charge in [0.1, 0.15) is 6.20 Å². The Balaban J connectivity index is 1.60. The topological polar surface area (TPSA) is 115 Å². The maximum absolute atomic E-state index is 13.6. The number of benzene rings is 1. The summed E-state index contributed by atoms with van der Waals surface area (Å²) in [4.78, 5) is 25.1. The molecular weight excluding hydrogens is 546 g/mol. The average Bonchev–Trinajstić information content (AvgIpc) is 3.37. The van der Waals surface area contributed by atoms with Crippen LogP contribution >= 0.6 is 11.3 Å². The highest BCUT2D eigenvalue weighted by Gasteiger charge is 2.29. The molecule has 1 fully saturated rings. The van der Waals surface area contributed by atoms with Crippen molar-refractivity contribution in [1.82, 2.24) is 20.0 Å². The summed E-state index contributed by atoms with van der Waals surface area (Å²) in [5.74, 6) is 0.525. The number of hydrogen-bond acceptors (Lipinski definition) is 7. The van der Waals surface area contributed by atoms with Crippen molar-refractivity contribution in [2.45, 2.75) is 88.8 Å². The summed E-state index contributed by atoms with van der Waals surface area (Å²) < 4.78 is 35.2. The molecule has 1 aliphatic carbocycles. The van der Waals surface area contributed by atoms with E-state index in [0.717, 1.165) is 41.1 Å². The van der Waals surface area contributed by atoms with Crippen molar-refractivity contribution in [2.75, 3.05) is 0 Å². The molecule has 0 aliphatic heterocycles. The molecule has 0 bridgehead atoms. The van der Waals surface area contributed by atoms with Crippen LogP contribution in [0.1, 0.15) is 71.2 Å². The van der Waals surface area contributed by atoms with Crippen molar-refractivity contribution in [2.24, 2.45) is 0 Å². The van der Waals surface area contributed by atoms with Crippen LogP contribution in [0.15, 0.2) is 47.6 Å². The van der Waals surface area contributed by atoms with E-state index < -0.39 is 15.6 Å². The van der Waals surface area contributed by atoms with Gasteiger partial charge in [-0.25, -0.2) is 22.9 Å². The van der Waals surface area contributed by atoms with Gasteiger partial charge in [0.15, 0.2) is 0 Å². The molecule has 1 amide bonds. The van der Waals surface area contributed by atoms with Gasteiger partial charge in [-0.2, -0.15) is 0 Å². The number of sulfonamides is 1. The number of nitrogens with zero attached hydrogens (tertiary/aromatic N) is 3. The Hall–Kier alpha value is -3.33. The molecule has 2 heterocycles. The third kappa shape index (κ3) is 7.44. The fourth-order valence-electron chi connectivity index (χ4n) is 4.71. The largest absolute Gasteiger partial charge is 0.447 e. The lowest BCUT2D eigenvalue weighted by atomic mass is 9.86. The number of thiazole rings is 1. The number of carbonyl (C=O) groups is 1. The molecule has 11 heteroatoms. The highest BCUT2D eigenvalue weighted by atomic mass is 32.2. The average molecular weight is 582 g/mol. The lowest BCUT2D eigenvalue weighted by molar-refractivity contribution is 0.109. The van der Waals surface area contributed by atoms with Crippen LogP contribution in [0, 0.1) is 6.57 Å². The maximum Gasteiger partial charge on any atom is 0.407 e. The zero-order chi connectivity index (χ0) is 29.1. The van der Waals surface area contributed by atoms with E-state index in [1.54, 1.807) is 51.4 Å². The Morgan fingerprint density at radius 3 is 2.38 bits per heavy atom. The minimum absolute atomic E-state index is 0.0769. The third-order valence-corrected chi connectivity index (χ3v) is 9.43. The van der Waals surface area contributed by atoms with Gasteiger partial charge in [-0.15, -0.1) is 16.3 Å². The van der Waals surface area contributed by atoms with Crippen LogP contribution in [0.5, 0.6) is 0 Å². The van der Waals surface area contributed by atoms with Crippen molar-refractivity contribution in [3.05, 3.63) is 59.2 Å². The molecule has 0 saturated heterocycles. The monoisotopic (exact) mass is 581 g/mol. The smallest absolute Gasteiger partial charge is 0.407 e. The highest BCUT2D eigenvalue weighted by Crippen LogP contribution is 2.40. The standard InChI is InChI=1S/C29H35N5O4S2/c1-18(2)38-28(35)33-22-11-7-19(8-12-22)27-32-17-24(39-27)23-13-9-20(21-10-14-26(30-6)31-16-21)15-25(23)40(36,37)34-29(3,4)5/h9-10,13-19,22,34H,7-8,11-12H2,1-5H3,(H,33,35). The number of amides is 1. The normalized spacial score (nSPS) is 17.8. The second-order valence-corrected chi connectivity index (χ2v) is 14.0. The van der Waals surface area contributed by atoms with E-state index in [1.807, 2.05) is 26.0 Å². The SMILES string of the molecule is [C-]#[N+]c1ccc(-c2ccc(-c3cnc(C4CCC(NC(=O)OC(C)C)CC4)s3)c(S(=O)(=O)NC(C)(C)C)c2)cn1. The lowest BCUT2D eigenvalue weighted by Crippen LogP contribution is -2.40. The number of nitrogens with one attached hydrogen (secondary N) is 2. The van der Waals surface area contributed by atoms with Gasteiger partial charge in [0.05, 0.1) is 20.9 Å². The Bertz CT molecular complexity index is 1490. The predicted octanol–water partition coefficient (Wildman–Crippen LogP) is 6.66. The summed E-state index contributed by atoms with van der Waals surface area (Å²) >= 11 is 1.51. The molecule has 2 aromatic heterocycles. The second-order valence-electron chi connectivity index (χ2n) is 11.3. The minimum Gasteiger partial charge on any atom is -0.447 e. The van der Waals surface area contributed by atoms with Crippen molar-refractivity contribution in [3.8, 4) is 21.6 Å². The Kier molecular flexibility index (Phi) is 8.93. The van der Waals surface area contributed by atoms with Gasteiger partial charge in [0.2, 0.25) is 10.0 Å². The summed E-state index contributed by atoms with van der Waals surface area (Å²) in [7, 11) is -3.88. The van der Waals surface area contributed by atoms with Gasteiger partial charge in [0, 0.05) is 34.8 Å².